The Kier molecular flexibility index (Phi) is 3.04. The lowest BCUT2D eigenvalue weighted by Gasteiger charge is -2.29. The summed E-state index contributed by atoms with van der Waals surface area (Å²) in [6, 6.07) is 8.06. The molecule has 1 aliphatic heterocycles. The number of hydrogen-bond donors (Lipinski definition) is 0. The molecule has 4 heteroatoms. The van der Waals surface area contributed by atoms with Crippen molar-refractivity contribution in [1.82, 2.24) is 4.31 Å². The third-order valence-electron chi connectivity index (χ3n) is 3.05. The molecule has 0 spiro atoms. The summed E-state index contributed by atoms with van der Waals surface area (Å²) in [6.07, 6.45) is 0.822. The van der Waals surface area contributed by atoms with E-state index in [0.717, 1.165) is 12.0 Å². The first-order valence-corrected chi connectivity index (χ1v) is 7.08. The SMILES string of the molecule is CC(C)S(=O)(=O)N1CCc2ccccc2C1. The number of nitrogens with zero attached hydrogens (tertiary/aromatic N) is 1. The minimum absolute atomic E-state index is 0.335. The standard InChI is InChI=1S/C12H17NO2S/c1-10(2)16(14,15)13-8-7-11-5-3-4-6-12(11)9-13/h3-6,10H,7-9H2,1-2H3. The van der Waals surface area contributed by atoms with Gasteiger partial charge in [0, 0.05) is 13.1 Å². The molecule has 88 valence electrons. The van der Waals surface area contributed by atoms with E-state index < -0.39 is 10.0 Å². The molecule has 1 aromatic rings. The first-order chi connectivity index (χ1) is 7.51. The monoisotopic (exact) mass is 239 g/mol. The van der Waals surface area contributed by atoms with Gasteiger partial charge in [-0.3, -0.25) is 0 Å². The largest absolute Gasteiger partial charge is 0.216 e. The van der Waals surface area contributed by atoms with Crippen LogP contribution in [0.5, 0.6) is 0 Å². The fourth-order valence-corrected chi connectivity index (χ4v) is 3.25. The van der Waals surface area contributed by atoms with Crippen molar-refractivity contribution in [3.8, 4) is 0 Å². The fourth-order valence-electron chi connectivity index (χ4n) is 1.99. The van der Waals surface area contributed by atoms with E-state index in [1.54, 1.807) is 18.2 Å². The second-order valence-corrected chi connectivity index (χ2v) is 6.94. The summed E-state index contributed by atoms with van der Waals surface area (Å²) < 4.78 is 25.6. The molecular formula is C12H17NO2S. The van der Waals surface area contributed by atoms with Gasteiger partial charge in [-0.1, -0.05) is 24.3 Å². The second-order valence-electron chi connectivity index (χ2n) is 4.45. The van der Waals surface area contributed by atoms with Crippen LogP contribution in [0.25, 0.3) is 0 Å². The van der Waals surface area contributed by atoms with Crippen molar-refractivity contribution >= 4 is 10.0 Å². The summed E-state index contributed by atoms with van der Waals surface area (Å²) in [6.45, 7) is 4.60. The predicted molar refractivity (Wildman–Crippen MR) is 64.6 cm³/mol. The van der Waals surface area contributed by atoms with E-state index >= 15 is 0 Å². The molecule has 16 heavy (non-hydrogen) atoms. The van der Waals surface area contributed by atoms with Gasteiger partial charge >= 0.3 is 0 Å². The third-order valence-corrected chi connectivity index (χ3v) is 5.27. The van der Waals surface area contributed by atoms with Gasteiger partial charge in [-0.25, -0.2) is 8.42 Å². The van der Waals surface area contributed by atoms with Gasteiger partial charge in [0.2, 0.25) is 10.0 Å². The molecule has 0 N–H and O–H groups in total. The second kappa shape index (κ2) is 4.18. The highest BCUT2D eigenvalue weighted by Crippen LogP contribution is 2.22. The zero-order chi connectivity index (χ0) is 11.8. The summed E-state index contributed by atoms with van der Waals surface area (Å²) in [5.41, 5.74) is 2.41. The van der Waals surface area contributed by atoms with Crippen molar-refractivity contribution in [2.24, 2.45) is 0 Å². The molecule has 0 saturated carbocycles. The van der Waals surface area contributed by atoms with Gasteiger partial charge in [0.25, 0.3) is 0 Å². The average Bonchev–Trinajstić information content (AvgIpc) is 2.28. The number of sulfonamides is 1. The lowest BCUT2D eigenvalue weighted by Crippen LogP contribution is -2.39. The minimum atomic E-state index is -3.11. The van der Waals surface area contributed by atoms with Crippen molar-refractivity contribution in [1.29, 1.82) is 0 Å². The molecule has 1 aromatic carbocycles. The van der Waals surface area contributed by atoms with Crippen LogP contribution in [0.1, 0.15) is 25.0 Å². The van der Waals surface area contributed by atoms with Crippen LogP contribution >= 0.6 is 0 Å². The van der Waals surface area contributed by atoms with E-state index in [-0.39, 0.29) is 5.25 Å². The van der Waals surface area contributed by atoms with Gasteiger partial charge in [0.05, 0.1) is 5.25 Å². The Morgan fingerprint density at radius 1 is 1.19 bits per heavy atom. The van der Waals surface area contributed by atoms with E-state index in [1.807, 2.05) is 18.2 Å². The molecule has 0 radical (unpaired) electrons. The van der Waals surface area contributed by atoms with Crippen LogP contribution in [0.15, 0.2) is 24.3 Å². The summed E-state index contributed by atoms with van der Waals surface area (Å²) in [5, 5.41) is -0.335. The van der Waals surface area contributed by atoms with Crippen molar-refractivity contribution in [3.05, 3.63) is 35.4 Å². The Labute approximate surface area is 97.1 Å². The number of rotatable bonds is 2. The molecule has 0 fully saturated rings. The lowest BCUT2D eigenvalue weighted by molar-refractivity contribution is 0.387. The van der Waals surface area contributed by atoms with Crippen molar-refractivity contribution in [2.75, 3.05) is 6.54 Å². The Morgan fingerprint density at radius 3 is 2.44 bits per heavy atom. The molecule has 0 aliphatic carbocycles. The molecule has 1 aliphatic rings. The first-order valence-electron chi connectivity index (χ1n) is 5.57. The molecular weight excluding hydrogens is 222 g/mol. The maximum absolute atomic E-state index is 12.0. The smallest absolute Gasteiger partial charge is 0.212 e. The highest BCUT2D eigenvalue weighted by molar-refractivity contribution is 7.89. The van der Waals surface area contributed by atoms with Gasteiger partial charge in [-0.2, -0.15) is 4.31 Å². The van der Waals surface area contributed by atoms with E-state index in [2.05, 4.69) is 6.07 Å². The van der Waals surface area contributed by atoms with Crippen LogP contribution in [0.4, 0.5) is 0 Å². The molecule has 1 heterocycles. The number of hydrogen-bond acceptors (Lipinski definition) is 2. The number of fused-ring (bicyclic) bond motifs is 1. The zero-order valence-corrected chi connectivity index (χ0v) is 10.5. The van der Waals surface area contributed by atoms with Crippen LogP contribution in [0.2, 0.25) is 0 Å². The molecule has 0 unspecified atom stereocenters. The van der Waals surface area contributed by atoms with Gasteiger partial charge in [-0.15, -0.1) is 0 Å². The molecule has 0 amide bonds. The Balaban J connectivity index is 2.27. The molecule has 0 atom stereocenters. The molecule has 0 aromatic heterocycles. The lowest BCUT2D eigenvalue weighted by atomic mass is 10.0. The maximum atomic E-state index is 12.0. The van der Waals surface area contributed by atoms with E-state index in [0.29, 0.717) is 13.1 Å². The zero-order valence-electron chi connectivity index (χ0n) is 9.68. The minimum Gasteiger partial charge on any atom is -0.212 e. The number of benzene rings is 1. The van der Waals surface area contributed by atoms with E-state index in [4.69, 9.17) is 0 Å². The summed E-state index contributed by atoms with van der Waals surface area (Å²) >= 11 is 0. The Morgan fingerprint density at radius 2 is 1.81 bits per heavy atom. The molecule has 0 saturated heterocycles. The normalized spacial score (nSPS) is 17.4. The third kappa shape index (κ3) is 1.99. The predicted octanol–water partition coefficient (Wildman–Crippen LogP) is 1.78. The molecule has 2 rings (SSSR count). The maximum Gasteiger partial charge on any atom is 0.216 e. The summed E-state index contributed by atoms with van der Waals surface area (Å²) in [5.74, 6) is 0. The molecule has 0 bridgehead atoms. The quantitative estimate of drug-likeness (QED) is 0.789. The highest BCUT2D eigenvalue weighted by Gasteiger charge is 2.28. The molecule has 3 nitrogen and oxygen atoms in total. The van der Waals surface area contributed by atoms with E-state index in [1.165, 1.54) is 5.56 Å². The van der Waals surface area contributed by atoms with Crippen LogP contribution in [-0.2, 0) is 23.0 Å². The van der Waals surface area contributed by atoms with Crippen LogP contribution in [0, 0.1) is 0 Å². The van der Waals surface area contributed by atoms with Gasteiger partial charge in [0.1, 0.15) is 0 Å². The van der Waals surface area contributed by atoms with Gasteiger partial charge in [0.15, 0.2) is 0 Å². The highest BCUT2D eigenvalue weighted by atomic mass is 32.2. The van der Waals surface area contributed by atoms with Crippen molar-refractivity contribution in [3.63, 3.8) is 0 Å². The van der Waals surface area contributed by atoms with Crippen LogP contribution in [-0.4, -0.2) is 24.5 Å². The van der Waals surface area contributed by atoms with Gasteiger partial charge < -0.3 is 0 Å². The Bertz CT molecular complexity index is 480. The van der Waals surface area contributed by atoms with Crippen LogP contribution < -0.4 is 0 Å². The van der Waals surface area contributed by atoms with E-state index in [9.17, 15) is 8.42 Å². The van der Waals surface area contributed by atoms with Gasteiger partial charge in [-0.05, 0) is 31.4 Å². The fraction of sp³-hybridized carbons (Fsp3) is 0.500. The Hall–Kier alpha value is -0.870. The average molecular weight is 239 g/mol. The first kappa shape index (κ1) is 11.6. The van der Waals surface area contributed by atoms with Crippen molar-refractivity contribution < 1.29 is 8.42 Å². The van der Waals surface area contributed by atoms with Crippen molar-refractivity contribution in [2.45, 2.75) is 32.1 Å². The topological polar surface area (TPSA) is 37.4 Å². The summed E-state index contributed by atoms with van der Waals surface area (Å²) in [7, 11) is -3.11. The summed E-state index contributed by atoms with van der Waals surface area (Å²) in [4.78, 5) is 0. The van der Waals surface area contributed by atoms with Crippen LogP contribution in [0.3, 0.4) is 0 Å².